The van der Waals surface area contributed by atoms with Crippen molar-refractivity contribution >= 4 is 23.2 Å². The second-order valence-corrected chi connectivity index (χ2v) is 7.00. The standard InChI is InChI=1S/C20H28N4O3/c1-16(17-6-8-18(9-7-17)23-11-13-27-14-12-23)21-22-19(25)15-24-10-4-2-3-5-20(24)26/h6-9H,2-5,10-15H2,1H3,(H,22,25)/b21-16-. The highest BCUT2D eigenvalue weighted by Gasteiger charge is 2.19. The molecule has 1 N–H and O–H groups in total. The van der Waals surface area contributed by atoms with Gasteiger partial charge in [-0.15, -0.1) is 0 Å². The summed E-state index contributed by atoms with van der Waals surface area (Å²) in [7, 11) is 0. The smallest absolute Gasteiger partial charge is 0.259 e. The molecular formula is C20H28N4O3. The fourth-order valence-corrected chi connectivity index (χ4v) is 3.36. The Labute approximate surface area is 160 Å². The van der Waals surface area contributed by atoms with Crippen LogP contribution in [-0.4, -0.2) is 61.8 Å². The number of hydrazone groups is 1. The Hall–Kier alpha value is -2.41. The average molecular weight is 372 g/mol. The average Bonchev–Trinajstić information content (AvgIpc) is 2.91. The molecule has 2 saturated heterocycles. The van der Waals surface area contributed by atoms with Crippen LogP contribution in [-0.2, 0) is 14.3 Å². The molecule has 0 radical (unpaired) electrons. The minimum absolute atomic E-state index is 0.0575. The van der Waals surface area contributed by atoms with Crippen molar-refractivity contribution in [3.63, 3.8) is 0 Å². The Morgan fingerprint density at radius 3 is 2.59 bits per heavy atom. The van der Waals surface area contributed by atoms with Gasteiger partial charge in [0.2, 0.25) is 5.91 Å². The molecule has 7 nitrogen and oxygen atoms in total. The molecule has 0 saturated carbocycles. The number of hydrogen-bond donors (Lipinski definition) is 1. The summed E-state index contributed by atoms with van der Waals surface area (Å²) in [5, 5.41) is 4.20. The summed E-state index contributed by atoms with van der Waals surface area (Å²) in [6.07, 6.45) is 3.44. The quantitative estimate of drug-likeness (QED) is 0.631. The lowest BCUT2D eigenvalue weighted by Crippen LogP contribution is -2.39. The Kier molecular flexibility index (Phi) is 6.81. The third kappa shape index (κ3) is 5.53. The van der Waals surface area contributed by atoms with Crippen molar-refractivity contribution < 1.29 is 14.3 Å². The fraction of sp³-hybridized carbons (Fsp3) is 0.550. The van der Waals surface area contributed by atoms with E-state index >= 15 is 0 Å². The first-order chi connectivity index (χ1) is 13.1. The number of rotatable bonds is 5. The van der Waals surface area contributed by atoms with Crippen molar-refractivity contribution in [3.05, 3.63) is 29.8 Å². The molecule has 0 aromatic heterocycles. The van der Waals surface area contributed by atoms with E-state index in [4.69, 9.17) is 4.74 Å². The second-order valence-electron chi connectivity index (χ2n) is 7.00. The number of nitrogens with one attached hydrogen (secondary N) is 1. The Bertz CT molecular complexity index is 681. The monoisotopic (exact) mass is 372 g/mol. The third-order valence-electron chi connectivity index (χ3n) is 5.02. The maximum atomic E-state index is 12.1. The first-order valence-electron chi connectivity index (χ1n) is 9.67. The van der Waals surface area contributed by atoms with Crippen LogP contribution in [0.2, 0.25) is 0 Å². The van der Waals surface area contributed by atoms with Gasteiger partial charge >= 0.3 is 0 Å². The molecule has 2 amide bonds. The van der Waals surface area contributed by atoms with E-state index in [9.17, 15) is 9.59 Å². The fourth-order valence-electron chi connectivity index (χ4n) is 3.36. The molecule has 0 bridgehead atoms. The molecule has 2 fully saturated rings. The van der Waals surface area contributed by atoms with Gasteiger partial charge in [0, 0.05) is 31.7 Å². The van der Waals surface area contributed by atoms with Crippen molar-refractivity contribution in [2.75, 3.05) is 44.3 Å². The molecule has 2 aliphatic heterocycles. The van der Waals surface area contributed by atoms with Gasteiger partial charge in [0.1, 0.15) is 6.54 Å². The molecule has 7 heteroatoms. The third-order valence-corrected chi connectivity index (χ3v) is 5.02. The number of morpholine rings is 1. The van der Waals surface area contributed by atoms with E-state index in [0.29, 0.717) is 13.0 Å². The van der Waals surface area contributed by atoms with Crippen LogP contribution < -0.4 is 10.3 Å². The van der Waals surface area contributed by atoms with Crippen LogP contribution in [0.25, 0.3) is 0 Å². The lowest BCUT2D eigenvalue weighted by Gasteiger charge is -2.28. The van der Waals surface area contributed by atoms with Gasteiger partial charge in [0.25, 0.3) is 5.91 Å². The van der Waals surface area contributed by atoms with E-state index in [1.165, 1.54) is 5.69 Å². The summed E-state index contributed by atoms with van der Waals surface area (Å²) in [6.45, 7) is 5.90. The van der Waals surface area contributed by atoms with Crippen LogP contribution in [0.15, 0.2) is 29.4 Å². The van der Waals surface area contributed by atoms with Crippen molar-refractivity contribution in [2.24, 2.45) is 5.10 Å². The zero-order chi connectivity index (χ0) is 19.1. The maximum absolute atomic E-state index is 12.1. The molecule has 146 valence electrons. The number of nitrogens with zero attached hydrogens (tertiary/aromatic N) is 3. The largest absolute Gasteiger partial charge is 0.378 e. The van der Waals surface area contributed by atoms with Crippen LogP contribution in [0.3, 0.4) is 0 Å². The normalized spacial score (nSPS) is 19.0. The van der Waals surface area contributed by atoms with Crippen LogP contribution >= 0.6 is 0 Å². The van der Waals surface area contributed by atoms with E-state index in [0.717, 1.165) is 56.8 Å². The predicted molar refractivity (Wildman–Crippen MR) is 105 cm³/mol. The number of hydrogen-bond acceptors (Lipinski definition) is 5. The Morgan fingerprint density at radius 1 is 1.11 bits per heavy atom. The zero-order valence-electron chi connectivity index (χ0n) is 15.9. The van der Waals surface area contributed by atoms with Crippen molar-refractivity contribution in [2.45, 2.75) is 32.6 Å². The number of amides is 2. The first-order valence-corrected chi connectivity index (χ1v) is 9.67. The van der Waals surface area contributed by atoms with Gasteiger partial charge < -0.3 is 14.5 Å². The zero-order valence-corrected chi connectivity index (χ0v) is 15.9. The van der Waals surface area contributed by atoms with Crippen molar-refractivity contribution in [1.82, 2.24) is 10.3 Å². The van der Waals surface area contributed by atoms with Gasteiger partial charge in [-0.3, -0.25) is 9.59 Å². The molecule has 0 unspecified atom stereocenters. The first kappa shape index (κ1) is 19.4. The van der Waals surface area contributed by atoms with Crippen LogP contribution in [0.5, 0.6) is 0 Å². The molecule has 0 atom stereocenters. The minimum atomic E-state index is -0.255. The molecule has 0 aliphatic carbocycles. The van der Waals surface area contributed by atoms with E-state index < -0.39 is 0 Å². The number of carbonyl (C=O) groups is 2. The van der Waals surface area contributed by atoms with Gasteiger partial charge in [-0.05, 0) is 37.5 Å². The highest BCUT2D eigenvalue weighted by atomic mass is 16.5. The Balaban J connectivity index is 1.53. The topological polar surface area (TPSA) is 74.2 Å². The highest BCUT2D eigenvalue weighted by molar-refractivity contribution is 5.99. The van der Waals surface area contributed by atoms with Crippen LogP contribution in [0, 0.1) is 0 Å². The summed E-state index contributed by atoms with van der Waals surface area (Å²) < 4.78 is 5.38. The van der Waals surface area contributed by atoms with Crippen molar-refractivity contribution in [1.29, 1.82) is 0 Å². The molecule has 1 aromatic rings. The van der Waals surface area contributed by atoms with E-state index in [1.54, 1.807) is 4.90 Å². The summed E-state index contributed by atoms with van der Waals surface area (Å²) in [4.78, 5) is 28.0. The van der Waals surface area contributed by atoms with Crippen LogP contribution in [0.4, 0.5) is 5.69 Å². The van der Waals surface area contributed by atoms with Gasteiger partial charge in [0.05, 0.1) is 18.9 Å². The molecule has 3 rings (SSSR count). The van der Waals surface area contributed by atoms with E-state index in [-0.39, 0.29) is 18.4 Å². The number of anilines is 1. The molecule has 2 heterocycles. The number of ether oxygens (including phenoxy) is 1. The summed E-state index contributed by atoms with van der Waals surface area (Å²) >= 11 is 0. The molecular weight excluding hydrogens is 344 g/mol. The van der Waals surface area contributed by atoms with Gasteiger partial charge in [-0.2, -0.15) is 5.10 Å². The predicted octanol–water partition coefficient (Wildman–Crippen LogP) is 1.77. The number of benzene rings is 1. The lowest BCUT2D eigenvalue weighted by atomic mass is 10.1. The summed E-state index contributed by atoms with van der Waals surface area (Å²) in [5.74, 6) is -0.198. The molecule has 2 aliphatic rings. The lowest BCUT2D eigenvalue weighted by molar-refractivity contribution is -0.135. The number of likely N-dealkylation sites (tertiary alicyclic amines) is 1. The van der Waals surface area contributed by atoms with Gasteiger partial charge in [0.15, 0.2) is 0 Å². The SMILES string of the molecule is C/C(=N/NC(=O)CN1CCCCCC1=O)c1ccc(N2CCOCC2)cc1. The minimum Gasteiger partial charge on any atom is -0.378 e. The maximum Gasteiger partial charge on any atom is 0.259 e. The highest BCUT2D eigenvalue weighted by Crippen LogP contribution is 2.17. The molecule has 27 heavy (non-hydrogen) atoms. The Morgan fingerprint density at radius 2 is 1.85 bits per heavy atom. The van der Waals surface area contributed by atoms with Crippen LogP contribution in [0.1, 0.15) is 38.2 Å². The molecule has 1 aromatic carbocycles. The summed E-state index contributed by atoms with van der Waals surface area (Å²) in [6, 6.07) is 8.15. The summed E-state index contributed by atoms with van der Waals surface area (Å²) in [5.41, 5.74) is 5.43. The molecule has 0 spiro atoms. The van der Waals surface area contributed by atoms with Crippen molar-refractivity contribution in [3.8, 4) is 0 Å². The second kappa shape index (κ2) is 9.50. The van der Waals surface area contributed by atoms with Gasteiger partial charge in [-0.1, -0.05) is 18.6 Å². The van der Waals surface area contributed by atoms with Gasteiger partial charge in [-0.25, -0.2) is 5.43 Å². The number of carbonyl (C=O) groups excluding carboxylic acids is 2. The van der Waals surface area contributed by atoms with E-state index in [2.05, 4.69) is 27.6 Å². The van der Waals surface area contributed by atoms with E-state index in [1.807, 2.05) is 19.1 Å².